The molecule has 0 aliphatic rings. The van der Waals surface area contributed by atoms with E-state index in [1.165, 1.54) is 0 Å². The summed E-state index contributed by atoms with van der Waals surface area (Å²) < 4.78 is 5.08. The molecule has 0 spiro atoms. The van der Waals surface area contributed by atoms with Crippen molar-refractivity contribution in [1.29, 1.82) is 0 Å². The van der Waals surface area contributed by atoms with Crippen molar-refractivity contribution in [3.05, 3.63) is 41.6 Å². The van der Waals surface area contributed by atoms with Crippen LogP contribution in [0.2, 0.25) is 0 Å². The molecule has 1 heterocycles. The molecule has 1 aromatic heterocycles. The lowest BCUT2D eigenvalue weighted by molar-refractivity contribution is 0.415. The first-order valence-corrected chi connectivity index (χ1v) is 5.09. The molecular formula is C11H10NOS. The number of nitrogens with zero attached hydrogens (tertiary/aromatic N) is 1. The highest BCUT2D eigenvalue weighted by molar-refractivity contribution is 7.10. The molecule has 71 valence electrons. The zero-order valence-electron chi connectivity index (χ0n) is 7.86. The van der Waals surface area contributed by atoms with Gasteiger partial charge in [-0.05, 0) is 24.3 Å². The van der Waals surface area contributed by atoms with Gasteiger partial charge in [0, 0.05) is 17.9 Å². The third-order valence-electron chi connectivity index (χ3n) is 1.94. The fourth-order valence-electron chi connectivity index (χ4n) is 1.21. The summed E-state index contributed by atoms with van der Waals surface area (Å²) in [6, 6.07) is 7.84. The molecule has 0 aliphatic carbocycles. The highest BCUT2D eigenvalue weighted by atomic mass is 32.1. The minimum atomic E-state index is 0.843. The van der Waals surface area contributed by atoms with Crippen molar-refractivity contribution < 1.29 is 4.74 Å². The van der Waals surface area contributed by atoms with E-state index in [2.05, 4.69) is 11.9 Å². The fraction of sp³-hybridized carbons (Fsp3) is 0.0909. The zero-order chi connectivity index (χ0) is 9.97. The zero-order valence-corrected chi connectivity index (χ0v) is 8.67. The van der Waals surface area contributed by atoms with Gasteiger partial charge in [-0.15, -0.1) is 11.3 Å². The lowest BCUT2D eigenvalue weighted by Gasteiger charge is -2.00. The van der Waals surface area contributed by atoms with Gasteiger partial charge in [-0.3, -0.25) is 0 Å². The monoisotopic (exact) mass is 204 g/mol. The van der Waals surface area contributed by atoms with Crippen LogP contribution in [0.4, 0.5) is 0 Å². The SMILES string of the molecule is [CH2]c1nc(-c2ccc(OC)cc2)cs1. The van der Waals surface area contributed by atoms with Crippen LogP contribution in [0.15, 0.2) is 29.6 Å². The Morgan fingerprint density at radius 3 is 2.50 bits per heavy atom. The van der Waals surface area contributed by atoms with E-state index in [4.69, 9.17) is 4.74 Å². The molecule has 0 saturated heterocycles. The molecule has 3 heteroatoms. The molecule has 2 nitrogen and oxygen atoms in total. The number of ether oxygens (including phenoxy) is 1. The third kappa shape index (κ3) is 1.77. The van der Waals surface area contributed by atoms with Crippen LogP contribution < -0.4 is 4.74 Å². The quantitative estimate of drug-likeness (QED) is 0.750. The average molecular weight is 204 g/mol. The molecule has 14 heavy (non-hydrogen) atoms. The van der Waals surface area contributed by atoms with Crippen LogP contribution >= 0.6 is 11.3 Å². The van der Waals surface area contributed by atoms with Crippen LogP contribution in [0.25, 0.3) is 11.3 Å². The summed E-state index contributed by atoms with van der Waals surface area (Å²) in [7, 11) is 1.66. The van der Waals surface area contributed by atoms with E-state index in [0.29, 0.717) is 0 Å². The van der Waals surface area contributed by atoms with E-state index in [0.717, 1.165) is 22.0 Å². The van der Waals surface area contributed by atoms with Crippen molar-refractivity contribution in [2.75, 3.05) is 7.11 Å². The van der Waals surface area contributed by atoms with E-state index in [9.17, 15) is 0 Å². The van der Waals surface area contributed by atoms with E-state index < -0.39 is 0 Å². The predicted molar refractivity (Wildman–Crippen MR) is 58.6 cm³/mol. The number of methoxy groups -OCH3 is 1. The molecule has 0 atom stereocenters. The lowest BCUT2D eigenvalue weighted by Crippen LogP contribution is -1.82. The molecule has 0 fully saturated rings. The molecule has 0 amide bonds. The minimum absolute atomic E-state index is 0.843. The Morgan fingerprint density at radius 1 is 1.29 bits per heavy atom. The van der Waals surface area contributed by atoms with Gasteiger partial charge in [0.25, 0.3) is 0 Å². The van der Waals surface area contributed by atoms with Crippen LogP contribution in [0.1, 0.15) is 5.01 Å². The van der Waals surface area contributed by atoms with Crippen LogP contribution in [-0.4, -0.2) is 12.1 Å². The van der Waals surface area contributed by atoms with Crippen LogP contribution in [0.3, 0.4) is 0 Å². The highest BCUT2D eigenvalue weighted by Crippen LogP contribution is 2.23. The first-order valence-electron chi connectivity index (χ1n) is 4.21. The standard InChI is InChI=1S/C11H10NOS/c1-8-12-11(7-14-8)9-3-5-10(13-2)6-4-9/h3-7H,1H2,2H3. The number of rotatable bonds is 2. The molecule has 1 radical (unpaired) electrons. The number of aromatic nitrogens is 1. The second-order valence-corrected chi connectivity index (χ2v) is 3.80. The number of hydrogen-bond donors (Lipinski definition) is 0. The summed E-state index contributed by atoms with van der Waals surface area (Å²) in [5.74, 6) is 0.860. The van der Waals surface area contributed by atoms with Crippen molar-refractivity contribution in [3.8, 4) is 17.0 Å². The van der Waals surface area contributed by atoms with E-state index in [-0.39, 0.29) is 0 Å². The van der Waals surface area contributed by atoms with Crippen LogP contribution in [0, 0.1) is 6.92 Å². The van der Waals surface area contributed by atoms with Gasteiger partial charge < -0.3 is 4.74 Å². The van der Waals surface area contributed by atoms with Crippen LogP contribution in [-0.2, 0) is 0 Å². The van der Waals surface area contributed by atoms with E-state index in [1.54, 1.807) is 18.4 Å². The van der Waals surface area contributed by atoms with Crippen molar-refractivity contribution >= 4 is 11.3 Å². The molecule has 0 saturated carbocycles. The first kappa shape index (κ1) is 9.21. The van der Waals surface area contributed by atoms with Crippen molar-refractivity contribution in [2.24, 2.45) is 0 Å². The van der Waals surface area contributed by atoms with Crippen molar-refractivity contribution in [2.45, 2.75) is 0 Å². The molecule has 0 aliphatic heterocycles. The summed E-state index contributed by atoms with van der Waals surface area (Å²) in [6.07, 6.45) is 0. The minimum Gasteiger partial charge on any atom is -0.497 e. The van der Waals surface area contributed by atoms with Crippen LogP contribution in [0.5, 0.6) is 5.75 Å². The lowest BCUT2D eigenvalue weighted by atomic mass is 10.2. The van der Waals surface area contributed by atoms with Crippen molar-refractivity contribution in [1.82, 2.24) is 4.98 Å². The molecule has 2 aromatic rings. The molecule has 0 N–H and O–H groups in total. The Labute approximate surface area is 87.2 Å². The summed E-state index contributed by atoms with van der Waals surface area (Å²) in [6.45, 7) is 3.78. The van der Waals surface area contributed by atoms with E-state index >= 15 is 0 Å². The Balaban J connectivity index is 2.33. The molecular weight excluding hydrogens is 194 g/mol. The smallest absolute Gasteiger partial charge is 0.118 e. The molecule has 0 bridgehead atoms. The van der Waals surface area contributed by atoms with Gasteiger partial charge in [0.15, 0.2) is 0 Å². The molecule has 1 aromatic carbocycles. The van der Waals surface area contributed by atoms with Gasteiger partial charge in [0.05, 0.1) is 17.8 Å². The topological polar surface area (TPSA) is 22.1 Å². The van der Waals surface area contributed by atoms with Gasteiger partial charge in [-0.1, -0.05) is 0 Å². The summed E-state index contributed by atoms with van der Waals surface area (Å²) >= 11 is 1.56. The predicted octanol–water partition coefficient (Wildman–Crippen LogP) is 3.00. The second kappa shape index (κ2) is 3.80. The summed E-state index contributed by atoms with van der Waals surface area (Å²) in [5.41, 5.74) is 2.07. The maximum Gasteiger partial charge on any atom is 0.118 e. The normalized spacial score (nSPS) is 10.1. The third-order valence-corrected chi connectivity index (χ3v) is 2.64. The van der Waals surface area contributed by atoms with Gasteiger partial charge in [-0.2, -0.15) is 0 Å². The van der Waals surface area contributed by atoms with Gasteiger partial charge in [0.1, 0.15) is 5.75 Å². The first-order chi connectivity index (χ1) is 6.79. The number of benzene rings is 1. The van der Waals surface area contributed by atoms with Gasteiger partial charge in [-0.25, -0.2) is 4.98 Å². The van der Waals surface area contributed by atoms with Crippen molar-refractivity contribution in [3.63, 3.8) is 0 Å². The Bertz CT molecular complexity index is 419. The maximum absolute atomic E-state index is 5.08. The summed E-state index contributed by atoms with van der Waals surface area (Å²) in [5, 5.41) is 2.85. The fourth-order valence-corrected chi connectivity index (χ4v) is 1.79. The average Bonchev–Trinajstić information content (AvgIpc) is 2.65. The summed E-state index contributed by atoms with van der Waals surface area (Å²) in [4.78, 5) is 4.30. The van der Waals surface area contributed by atoms with Gasteiger partial charge >= 0.3 is 0 Å². The van der Waals surface area contributed by atoms with E-state index in [1.807, 2.05) is 29.6 Å². The Hall–Kier alpha value is -1.35. The molecule has 2 rings (SSSR count). The Kier molecular flexibility index (Phi) is 2.50. The van der Waals surface area contributed by atoms with Gasteiger partial charge in [0.2, 0.25) is 0 Å². The molecule has 0 unspecified atom stereocenters. The largest absolute Gasteiger partial charge is 0.497 e. The second-order valence-electron chi connectivity index (χ2n) is 2.85. The highest BCUT2D eigenvalue weighted by Gasteiger charge is 2.01. The number of hydrogen-bond acceptors (Lipinski definition) is 3. The Morgan fingerprint density at radius 2 is 2.00 bits per heavy atom. The number of thiazole rings is 1. The maximum atomic E-state index is 5.08.